The molecule has 1 aromatic carbocycles. The van der Waals surface area contributed by atoms with Crippen LogP contribution in [0.5, 0.6) is 0 Å². The summed E-state index contributed by atoms with van der Waals surface area (Å²) in [4.78, 5) is 33.7. The Balaban J connectivity index is 2.49. The summed E-state index contributed by atoms with van der Waals surface area (Å²) in [5, 5.41) is 4.31. The molecule has 1 unspecified atom stereocenters. The summed E-state index contributed by atoms with van der Waals surface area (Å²) in [6.07, 6.45) is -0.892. The van der Waals surface area contributed by atoms with Gasteiger partial charge < -0.3 is 21.1 Å². The number of carbonyl (C=O) groups is 3. The Morgan fingerprint density at radius 3 is 2.42 bits per heavy atom. The van der Waals surface area contributed by atoms with E-state index in [9.17, 15) is 14.4 Å². The SMILES string of the molecule is CNC(=O)C(NC(=O)OCc1ccccc1)C(N)=O. The van der Waals surface area contributed by atoms with Crippen molar-refractivity contribution in [1.29, 1.82) is 0 Å². The third-order valence-electron chi connectivity index (χ3n) is 2.27. The Hall–Kier alpha value is -2.57. The fourth-order valence-electron chi connectivity index (χ4n) is 1.29. The third-order valence-corrected chi connectivity index (χ3v) is 2.27. The van der Waals surface area contributed by atoms with Gasteiger partial charge in [0, 0.05) is 7.05 Å². The van der Waals surface area contributed by atoms with Gasteiger partial charge >= 0.3 is 6.09 Å². The number of nitrogens with one attached hydrogen (secondary N) is 2. The zero-order chi connectivity index (χ0) is 14.3. The quantitative estimate of drug-likeness (QED) is 0.624. The van der Waals surface area contributed by atoms with Gasteiger partial charge in [-0.15, -0.1) is 0 Å². The zero-order valence-electron chi connectivity index (χ0n) is 10.4. The van der Waals surface area contributed by atoms with Crippen molar-refractivity contribution in [2.45, 2.75) is 12.6 Å². The molecule has 1 atom stereocenters. The highest BCUT2D eigenvalue weighted by Gasteiger charge is 2.25. The number of hydrogen-bond acceptors (Lipinski definition) is 4. The second-order valence-corrected chi connectivity index (χ2v) is 3.66. The summed E-state index contributed by atoms with van der Waals surface area (Å²) in [7, 11) is 1.33. The minimum absolute atomic E-state index is 0.0336. The lowest BCUT2D eigenvalue weighted by Gasteiger charge is -2.13. The molecule has 0 heterocycles. The lowest BCUT2D eigenvalue weighted by atomic mass is 10.2. The number of primary amides is 1. The molecule has 0 aliphatic carbocycles. The van der Waals surface area contributed by atoms with Crippen molar-refractivity contribution < 1.29 is 19.1 Å². The minimum atomic E-state index is -1.45. The number of benzene rings is 1. The molecule has 0 aromatic heterocycles. The number of alkyl carbamates (subject to hydrolysis) is 1. The molecular formula is C12H15N3O4. The summed E-state index contributed by atoms with van der Waals surface area (Å²) in [5.74, 6) is -1.67. The van der Waals surface area contributed by atoms with E-state index >= 15 is 0 Å². The summed E-state index contributed by atoms with van der Waals surface area (Å²) in [6, 6.07) is 7.53. The highest BCUT2D eigenvalue weighted by molar-refractivity contribution is 6.05. The highest BCUT2D eigenvalue weighted by Crippen LogP contribution is 2.00. The van der Waals surface area contributed by atoms with Crippen LogP contribution in [0.4, 0.5) is 4.79 Å². The molecule has 0 aliphatic heterocycles. The summed E-state index contributed by atoms with van der Waals surface area (Å²) < 4.78 is 4.87. The Labute approximate surface area is 110 Å². The first kappa shape index (κ1) is 14.5. The van der Waals surface area contributed by atoms with E-state index < -0.39 is 23.9 Å². The normalized spacial score (nSPS) is 11.2. The van der Waals surface area contributed by atoms with Crippen molar-refractivity contribution in [1.82, 2.24) is 10.6 Å². The standard InChI is InChI=1S/C12H15N3O4/c1-14-11(17)9(10(13)16)15-12(18)19-7-8-5-3-2-4-6-8/h2-6,9H,7H2,1H3,(H2,13,16)(H,14,17)(H,15,18). The second-order valence-electron chi connectivity index (χ2n) is 3.66. The van der Waals surface area contributed by atoms with E-state index in [1.54, 1.807) is 24.3 Å². The molecule has 3 amide bonds. The smallest absolute Gasteiger partial charge is 0.408 e. The molecule has 7 nitrogen and oxygen atoms in total. The summed E-state index contributed by atoms with van der Waals surface area (Å²) in [5.41, 5.74) is 5.78. The maximum Gasteiger partial charge on any atom is 0.408 e. The highest BCUT2D eigenvalue weighted by atomic mass is 16.5. The fourth-order valence-corrected chi connectivity index (χ4v) is 1.29. The Morgan fingerprint density at radius 2 is 1.89 bits per heavy atom. The molecule has 0 saturated carbocycles. The van der Waals surface area contributed by atoms with Gasteiger partial charge in [-0.25, -0.2) is 4.79 Å². The van der Waals surface area contributed by atoms with Gasteiger partial charge in [0.2, 0.25) is 5.91 Å². The van der Waals surface area contributed by atoms with Crippen LogP contribution in [-0.2, 0) is 20.9 Å². The van der Waals surface area contributed by atoms with Crippen molar-refractivity contribution in [3.63, 3.8) is 0 Å². The molecule has 0 radical (unpaired) electrons. The van der Waals surface area contributed by atoms with E-state index in [0.29, 0.717) is 0 Å². The maximum atomic E-state index is 11.4. The van der Waals surface area contributed by atoms with Crippen LogP contribution in [0.1, 0.15) is 5.56 Å². The first-order valence-electron chi connectivity index (χ1n) is 5.52. The Morgan fingerprint density at radius 1 is 1.26 bits per heavy atom. The van der Waals surface area contributed by atoms with E-state index in [0.717, 1.165) is 5.56 Å². The van der Waals surface area contributed by atoms with Gasteiger partial charge in [-0.05, 0) is 5.56 Å². The molecule has 19 heavy (non-hydrogen) atoms. The lowest BCUT2D eigenvalue weighted by Crippen LogP contribution is -2.53. The van der Waals surface area contributed by atoms with Crippen LogP contribution in [0.2, 0.25) is 0 Å². The van der Waals surface area contributed by atoms with Crippen molar-refractivity contribution in [2.75, 3.05) is 7.05 Å². The van der Waals surface area contributed by atoms with Gasteiger partial charge in [0.1, 0.15) is 6.61 Å². The van der Waals surface area contributed by atoms with Gasteiger partial charge in [0.05, 0.1) is 0 Å². The molecule has 7 heteroatoms. The fraction of sp³-hybridized carbons (Fsp3) is 0.250. The van der Waals surface area contributed by atoms with Crippen LogP contribution in [0, 0.1) is 0 Å². The zero-order valence-corrected chi connectivity index (χ0v) is 10.4. The van der Waals surface area contributed by atoms with Crippen LogP contribution in [0.3, 0.4) is 0 Å². The molecule has 0 spiro atoms. The minimum Gasteiger partial charge on any atom is -0.445 e. The second kappa shape index (κ2) is 7.00. The number of rotatable bonds is 5. The first-order valence-corrected chi connectivity index (χ1v) is 5.52. The van der Waals surface area contributed by atoms with Gasteiger partial charge in [0.25, 0.3) is 5.91 Å². The number of likely N-dealkylation sites (N-methyl/N-ethyl adjacent to an activating group) is 1. The van der Waals surface area contributed by atoms with Crippen LogP contribution in [0.25, 0.3) is 0 Å². The monoisotopic (exact) mass is 265 g/mol. The van der Waals surface area contributed by atoms with Gasteiger partial charge in [-0.2, -0.15) is 0 Å². The van der Waals surface area contributed by atoms with Crippen LogP contribution < -0.4 is 16.4 Å². The van der Waals surface area contributed by atoms with E-state index in [2.05, 4.69) is 10.6 Å². The molecule has 0 saturated heterocycles. The van der Waals surface area contributed by atoms with E-state index in [1.165, 1.54) is 7.05 Å². The first-order chi connectivity index (χ1) is 9.04. The van der Waals surface area contributed by atoms with Crippen molar-refractivity contribution in [3.8, 4) is 0 Å². The van der Waals surface area contributed by atoms with Crippen molar-refractivity contribution in [2.24, 2.45) is 5.73 Å². The molecule has 4 N–H and O–H groups in total. The average molecular weight is 265 g/mol. The average Bonchev–Trinajstić information content (AvgIpc) is 2.42. The number of nitrogens with two attached hydrogens (primary N) is 1. The largest absolute Gasteiger partial charge is 0.445 e. The molecule has 1 aromatic rings. The predicted molar refractivity (Wildman–Crippen MR) is 66.8 cm³/mol. The Kier molecular flexibility index (Phi) is 5.34. The Bertz CT molecular complexity index is 461. The van der Waals surface area contributed by atoms with Crippen LogP contribution in [0.15, 0.2) is 30.3 Å². The lowest BCUT2D eigenvalue weighted by molar-refractivity contribution is -0.130. The molecule has 0 aliphatic rings. The summed E-state index contributed by atoms with van der Waals surface area (Å²) in [6.45, 7) is 0.0336. The van der Waals surface area contributed by atoms with Crippen molar-refractivity contribution >= 4 is 17.9 Å². The van der Waals surface area contributed by atoms with E-state index in [1.807, 2.05) is 6.07 Å². The van der Waals surface area contributed by atoms with Crippen molar-refractivity contribution in [3.05, 3.63) is 35.9 Å². The molecular weight excluding hydrogens is 250 g/mol. The van der Waals surface area contributed by atoms with Gasteiger partial charge in [0.15, 0.2) is 6.04 Å². The molecule has 0 fully saturated rings. The maximum absolute atomic E-state index is 11.4. The predicted octanol–water partition coefficient (Wildman–Crippen LogP) is -0.487. The topological polar surface area (TPSA) is 111 Å². The number of ether oxygens (including phenoxy) is 1. The van der Waals surface area contributed by atoms with Gasteiger partial charge in [-0.3, -0.25) is 9.59 Å². The molecule has 1 rings (SSSR count). The summed E-state index contributed by atoms with van der Waals surface area (Å²) >= 11 is 0. The van der Waals surface area contributed by atoms with E-state index in [-0.39, 0.29) is 6.61 Å². The number of carbonyl (C=O) groups excluding carboxylic acids is 3. The number of amides is 3. The van der Waals surface area contributed by atoms with Crippen LogP contribution in [-0.4, -0.2) is 31.0 Å². The van der Waals surface area contributed by atoms with Gasteiger partial charge in [-0.1, -0.05) is 30.3 Å². The van der Waals surface area contributed by atoms with E-state index in [4.69, 9.17) is 10.5 Å². The third kappa shape index (κ3) is 4.66. The van der Waals surface area contributed by atoms with Crippen LogP contribution >= 0.6 is 0 Å². The molecule has 0 bridgehead atoms. The number of hydrogen-bond donors (Lipinski definition) is 3. The molecule has 102 valence electrons.